The van der Waals surface area contributed by atoms with Crippen LogP contribution in [0.4, 0.5) is 0 Å². The van der Waals surface area contributed by atoms with Gasteiger partial charge in [-0.1, -0.05) is 72.8 Å². The van der Waals surface area contributed by atoms with Gasteiger partial charge in [-0.25, -0.2) is 0 Å². The zero-order chi connectivity index (χ0) is 19.7. The predicted molar refractivity (Wildman–Crippen MR) is 111 cm³/mol. The first-order chi connectivity index (χ1) is 12.9. The van der Waals surface area contributed by atoms with Gasteiger partial charge in [0.05, 0.1) is 12.0 Å². The third-order valence-corrected chi connectivity index (χ3v) is 4.63. The Kier molecular flexibility index (Phi) is 7.81. The van der Waals surface area contributed by atoms with Gasteiger partial charge in [-0.15, -0.1) is 0 Å². The van der Waals surface area contributed by atoms with E-state index in [2.05, 4.69) is 66.4 Å². The highest BCUT2D eigenvalue weighted by molar-refractivity contribution is 5.78. The van der Waals surface area contributed by atoms with Crippen LogP contribution in [-0.4, -0.2) is 23.5 Å². The van der Waals surface area contributed by atoms with Gasteiger partial charge in [0.1, 0.15) is 0 Å². The van der Waals surface area contributed by atoms with Crippen molar-refractivity contribution in [2.24, 2.45) is 5.41 Å². The van der Waals surface area contributed by atoms with Gasteiger partial charge in [-0.2, -0.15) is 0 Å². The number of benzene rings is 2. The highest BCUT2D eigenvalue weighted by atomic mass is 16.5. The van der Waals surface area contributed by atoms with E-state index in [-0.39, 0.29) is 12.0 Å². The Morgan fingerprint density at radius 3 is 1.93 bits per heavy atom. The maximum absolute atomic E-state index is 12.1. The highest BCUT2D eigenvalue weighted by Gasteiger charge is 2.26. The van der Waals surface area contributed by atoms with Gasteiger partial charge in [0.15, 0.2) is 0 Å². The minimum absolute atomic E-state index is 0.180. The van der Waals surface area contributed by atoms with E-state index in [0.717, 1.165) is 13.1 Å². The van der Waals surface area contributed by atoms with Crippen LogP contribution in [0.2, 0.25) is 0 Å². The standard InChI is InChI=1S/C24H31NO2/c1-5-27-23(26)24(3,4)17-16-20(2)25(18-21-12-8-6-9-13-21)19-22-14-10-7-11-15-22/h6-17,20H,5,18-19H2,1-4H3/b17-16+. The molecule has 0 radical (unpaired) electrons. The van der Waals surface area contributed by atoms with Crippen molar-refractivity contribution < 1.29 is 9.53 Å². The Morgan fingerprint density at radius 2 is 1.48 bits per heavy atom. The summed E-state index contributed by atoms with van der Waals surface area (Å²) < 4.78 is 5.19. The molecule has 0 amide bonds. The molecule has 0 heterocycles. The van der Waals surface area contributed by atoms with Crippen LogP contribution < -0.4 is 0 Å². The van der Waals surface area contributed by atoms with Gasteiger partial charge < -0.3 is 4.74 Å². The molecule has 0 bridgehead atoms. The molecule has 0 aliphatic rings. The Hall–Kier alpha value is -2.39. The van der Waals surface area contributed by atoms with Crippen molar-refractivity contribution in [3.8, 4) is 0 Å². The second-order valence-electron chi connectivity index (χ2n) is 7.42. The number of nitrogens with zero attached hydrogens (tertiary/aromatic N) is 1. The first kappa shape index (κ1) is 20.9. The summed E-state index contributed by atoms with van der Waals surface area (Å²) in [4.78, 5) is 14.5. The van der Waals surface area contributed by atoms with E-state index in [1.807, 2.05) is 39.0 Å². The predicted octanol–water partition coefficient (Wildman–Crippen LogP) is 5.22. The SMILES string of the molecule is CCOC(=O)C(C)(C)/C=C/C(C)N(Cc1ccccc1)Cc1ccccc1. The summed E-state index contributed by atoms with van der Waals surface area (Å²) in [6, 6.07) is 21.1. The minimum atomic E-state index is -0.630. The lowest BCUT2D eigenvalue weighted by Crippen LogP contribution is -2.32. The van der Waals surface area contributed by atoms with E-state index in [0.29, 0.717) is 6.61 Å². The van der Waals surface area contributed by atoms with E-state index in [4.69, 9.17) is 4.74 Å². The van der Waals surface area contributed by atoms with Crippen LogP contribution in [0, 0.1) is 5.41 Å². The highest BCUT2D eigenvalue weighted by Crippen LogP contribution is 2.21. The second kappa shape index (κ2) is 10.1. The number of rotatable bonds is 9. The van der Waals surface area contributed by atoms with Crippen LogP contribution in [0.25, 0.3) is 0 Å². The molecule has 2 aromatic carbocycles. The molecule has 27 heavy (non-hydrogen) atoms. The molecule has 144 valence electrons. The van der Waals surface area contributed by atoms with Crippen molar-refractivity contribution >= 4 is 5.97 Å². The van der Waals surface area contributed by atoms with Crippen molar-refractivity contribution in [1.82, 2.24) is 4.90 Å². The molecular weight excluding hydrogens is 334 g/mol. The summed E-state index contributed by atoms with van der Waals surface area (Å²) in [6.07, 6.45) is 4.08. The minimum Gasteiger partial charge on any atom is -0.465 e. The quantitative estimate of drug-likeness (QED) is 0.450. The van der Waals surface area contributed by atoms with Crippen LogP contribution in [-0.2, 0) is 22.6 Å². The summed E-state index contributed by atoms with van der Waals surface area (Å²) in [5.74, 6) is -0.189. The van der Waals surface area contributed by atoms with Gasteiger partial charge >= 0.3 is 5.97 Å². The first-order valence-corrected chi connectivity index (χ1v) is 9.61. The number of hydrogen-bond acceptors (Lipinski definition) is 3. The molecule has 0 aromatic heterocycles. The molecule has 0 aliphatic carbocycles. The fourth-order valence-electron chi connectivity index (χ4n) is 2.87. The number of carbonyl (C=O) groups is 1. The fraction of sp³-hybridized carbons (Fsp3) is 0.375. The third kappa shape index (κ3) is 6.69. The molecular formula is C24H31NO2. The van der Waals surface area contributed by atoms with Crippen LogP contribution in [0.3, 0.4) is 0 Å². The third-order valence-electron chi connectivity index (χ3n) is 4.63. The average Bonchev–Trinajstić information content (AvgIpc) is 2.67. The molecule has 3 heteroatoms. The summed E-state index contributed by atoms with van der Waals surface area (Å²) in [5, 5.41) is 0. The summed E-state index contributed by atoms with van der Waals surface area (Å²) >= 11 is 0. The molecule has 0 fully saturated rings. The van der Waals surface area contributed by atoms with Crippen LogP contribution >= 0.6 is 0 Å². The van der Waals surface area contributed by atoms with Crippen molar-refractivity contribution in [3.05, 3.63) is 83.9 Å². The summed E-state index contributed by atoms with van der Waals surface area (Å²) in [5.41, 5.74) is 1.92. The Bertz CT molecular complexity index is 681. The van der Waals surface area contributed by atoms with Gasteiger partial charge in [0.25, 0.3) is 0 Å². The molecule has 0 saturated carbocycles. The Balaban J connectivity index is 2.15. The molecule has 0 N–H and O–H groups in total. The molecule has 0 aliphatic heterocycles. The van der Waals surface area contributed by atoms with E-state index >= 15 is 0 Å². The zero-order valence-electron chi connectivity index (χ0n) is 16.9. The van der Waals surface area contributed by atoms with E-state index < -0.39 is 5.41 Å². The molecule has 1 unspecified atom stereocenters. The number of esters is 1. The second-order valence-corrected chi connectivity index (χ2v) is 7.42. The van der Waals surface area contributed by atoms with Crippen LogP contribution in [0.5, 0.6) is 0 Å². The van der Waals surface area contributed by atoms with Crippen molar-refractivity contribution in [3.63, 3.8) is 0 Å². The molecule has 1 atom stereocenters. The topological polar surface area (TPSA) is 29.5 Å². The first-order valence-electron chi connectivity index (χ1n) is 9.61. The van der Waals surface area contributed by atoms with Gasteiger partial charge in [-0.3, -0.25) is 9.69 Å². The van der Waals surface area contributed by atoms with E-state index in [9.17, 15) is 4.79 Å². The number of carbonyl (C=O) groups excluding carboxylic acids is 1. The maximum atomic E-state index is 12.1. The van der Waals surface area contributed by atoms with Crippen LogP contribution in [0.1, 0.15) is 38.8 Å². The molecule has 0 saturated heterocycles. The zero-order valence-corrected chi connectivity index (χ0v) is 16.9. The fourth-order valence-corrected chi connectivity index (χ4v) is 2.87. The van der Waals surface area contributed by atoms with Gasteiger partial charge in [0, 0.05) is 19.1 Å². The molecule has 2 rings (SSSR count). The number of hydrogen-bond donors (Lipinski definition) is 0. The van der Waals surface area contributed by atoms with E-state index in [1.165, 1.54) is 11.1 Å². The normalized spacial score (nSPS) is 13.1. The molecule has 2 aromatic rings. The monoisotopic (exact) mass is 365 g/mol. The Morgan fingerprint density at radius 1 is 1.00 bits per heavy atom. The lowest BCUT2D eigenvalue weighted by Gasteiger charge is -2.28. The molecule has 3 nitrogen and oxygen atoms in total. The lowest BCUT2D eigenvalue weighted by molar-refractivity contribution is -0.150. The Labute approximate surface area is 163 Å². The largest absolute Gasteiger partial charge is 0.465 e. The van der Waals surface area contributed by atoms with Crippen LogP contribution in [0.15, 0.2) is 72.8 Å². The summed E-state index contributed by atoms with van der Waals surface area (Å²) in [6.45, 7) is 9.90. The maximum Gasteiger partial charge on any atom is 0.315 e. The average molecular weight is 366 g/mol. The van der Waals surface area contributed by atoms with Gasteiger partial charge in [0.2, 0.25) is 0 Å². The van der Waals surface area contributed by atoms with Crippen molar-refractivity contribution in [2.75, 3.05) is 6.61 Å². The van der Waals surface area contributed by atoms with E-state index in [1.54, 1.807) is 0 Å². The summed E-state index contributed by atoms with van der Waals surface area (Å²) in [7, 11) is 0. The number of ether oxygens (including phenoxy) is 1. The smallest absolute Gasteiger partial charge is 0.315 e. The molecule has 0 spiro atoms. The van der Waals surface area contributed by atoms with Crippen molar-refractivity contribution in [1.29, 1.82) is 0 Å². The van der Waals surface area contributed by atoms with Crippen molar-refractivity contribution in [2.45, 2.75) is 46.8 Å². The van der Waals surface area contributed by atoms with Gasteiger partial charge in [-0.05, 0) is 38.8 Å². The lowest BCUT2D eigenvalue weighted by atomic mass is 9.92.